The van der Waals surface area contributed by atoms with Gasteiger partial charge in [-0.15, -0.1) is 0 Å². The van der Waals surface area contributed by atoms with Crippen LogP contribution in [0.4, 0.5) is 0 Å². The van der Waals surface area contributed by atoms with E-state index in [0.717, 1.165) is 29.5 Å². The first kappa shape index (κ1) is 14.6. The van der Waals surface area contributed by atoms with Crippen molar-refractivity contribution >= 4 is 11.9 Å². The second-order valence-corrected chi connectivity index (χ2v) is 5.54. The Hall–Kier alpha value is -1.84. The lowest BCUT2D eigenvalue weighted by molar-refractivity contribution is -0.137. The molecule has 0 radical (unpaired) electrons. The third-order valence-corrected chi connectivity index (χ3v) is 4.11. The van der Waals surface area contributed by atoms with Crippen LogP contribution in [0.2, 0.25) is 0 Å². The minimum absolute atomic E-state index is 0.00444. The van der Waals surface area contributed by atoms with Gasteiger partial charge in [-0.2, -0.15) is 0 Å². The van der Waals surface area contributed by atoms with Crippen molar-refractivity contribution in [1.29, 1.82) is 0 Å². The summed E-state index contributed by atoms with van der Waals surface area (Å²) in [5.41, 5.74) is 3.38. The molecule has 2 rings (SSSR count). The summed E-state index contributed by atoms with van der Waals surface area (Å²) in [6, 6.07) is 3.81. The second kappa shape index (κ2) is 5.65. The molecule has 4 nitrogen and oxygen atoms in total. The second-order valence-electron chi connectivity index (χ2n) is 5.54. The van der Waals surface area contributed by atoms with E-state index in [0.29, 0.717) is 11.5 Å². The van der Waals surface area contributed by atoms with Crippen LogP contribution in [0.15, 0.2) is 12.1 Å². The van der Waals surface area contributed by atoms with Gasteiger partial charge >= 0.3 is 11.9 Å². The molecule has 1 aliphatic rings. The molecule has 4 heteroatoms. The summed E-state index contributed by atoms with van der Waals surface area (Å²) in [7, 11) is 1.36. The summed E-state index contributed by atoms with van der Waals surface area (Å²) in [5.74, 6) is -0.731. The lowest BCUT2D eigenvalue weighted by Gasteiger charge is -2.18. The monoisotopic (exact) mass is 276 g/mol. The maximum absolute atomic E-state index is 11.8. The smallest absolute Gasteiger partial charge is 0.338 e. The molecule has 1 aliphatic carbocycles. The molecule has 1 aromatic carbocycles. The number of esters is 1. The SMILES string of the molecule is COC(=O)c1cc(C(CC(=O)O)C2CC2)cc(C)c1C. The Kier molecular flexibility index (Phi) is 4.12. The molecule has 0 bridgehead atoms. The highest BCUT2D eigenvalue weighted by atomic mass is 16.5. The van der Waals surface area contributed by atoms with E-state index < -0.39 is 5.97 Å². The largest absolute Gasteiger partial charge is 0.481 e. The summed E-state index contributed by atoms with van der Waals surface area (Å²) in [6.07, 6.45) is 2.25. The number of benzene rings is 1. The van der Waals surface area contributed by atoms with Crippen molar-refractivity contribution < 1.29 is 19.4 Å². The van der Waals surface area contributed by atoms with Crippen LogP contribution in [0.25, 0.3) is 0 Å². The summed E-state index contributed by atoms with van der Waals surface area (Å²) < 4.78 is 4.81. The number of hydrogen-bond acceptors (Lipinski definition) is 3. The van der Waals surface area contributed by atoms with Crippen LogP contribution < -0.4 is 0 Å². The maximum atomic E-state index is 11.8. The van der Waals surface area contributed by atoms with E-state index in [2.05, 4.69) is 0 Å². The Morgan fingerprint density at radius 1 is 1.35 bits per heavy atom. The highest BCUT2D eigenvalue weighted by molar-refractivity contribution is 5.91. The van der Waals surface area contributed by atoms with Crippen molar-refractivity contribution in [2.24, 2.45) is 5.92 Å². The van der Waals surface area contributed by atoms with Gasteiger partial charge in [-0.3, -0.25) is 4.79 Å². The molecule has 1 aromatic rings. The van der Waals surface area contributed by atoms with Gasteiger partial charge in [0.05, 0.1) is 19.1 Å². The number of carboxylic acid groups (broad SMARTS) is 1. The number of carbonyl (C=O) groups excluding carboxylic acids is 1. The van der Waals surface area contributed by atoms with Crippen LogP contribution in [-0.2, 0) is 9.53 Å². The highest BCUT2D eigenvalue weighted by Crippen LogP contribution is 2.45. The number of carboxylic acids is 1. The molecule has 0 aliphatic heterocycles. The first-order chi connectivity index (χ1) is 9.43. The van der Waals surface area contributed by atoms with Crippen molar-refractivity contribution in [3.05, 3.63) is 34.4 Å². The Labute approximate surface area is 118 Å². The van der Waals surface area contributed by atoms with Crippen LogP contribution in [0.1, 0.15) is 52.2 Å². The molecule has 108 valence electrons. The summed E-state index contributed by atoms with van der Waals surface area (Å²) in [5, 5.41) is 9.08. The summed E-state index contributed by atoms with van der Waals surface area (Å²) in [6.45, 7) is 3.82. The zero-order valence-corrected chi connectivity index (χ0v) is 12.1. The molecule has 1 saturated carbocycles. The van der Waals surface area contributed by atoms with Crippen LogP contribution in [0, 0.1) is 19.8 Å². The van der Waals surface area contributed by atoms with Crippen LogP contribution in [0.3, 0.4) is 0 Å². The molecule has 1 atom stereocenters. The van der Waals surface area contributed by atoms with E-state index in [4.69, 9.17) is 9.84 Å². The topological polar surface area (TPSA) is 63.6 Å². The van der Waals surface area contributed by atoms with E-state index in [1.54, 1.807) is 6.07 Å². The molecule has 1 N–H and O–H groups in total. The lowest BCUT2D eigenvalue weighted by Crippen LogP contribution is -2.12. The molecule has 1 fully saturated rings. The van der Waals surface area contributed by atoms with E-state index in [1.807, 2.05) is 19.9 Å². The molecule has 0 heterocycles. The normalized spacial score (nSPS) is 15.8. The molecule has 0 aromatic heterocycles. The van der Waals surface area contributed by atoms with Gasteiger partial charge in [0.1, 0.15) is 0 Å². The predicted octanol–water partition coefficient (Wildman–Crippen LogP) is 3.06. The van der Waals surface area contributed by atoms with Gasteiger partial charge in [0.25, 0.3) is 0 Å². The summed E-state index contributed by atoms with van der Waals surface area (Å²) >= 11 is 0. The average Bonchev–Trinajstić information content (AvgIpc) is 3.22. The quantitative estimate of drug-likeness (QED) is 0.839. The Morgan fingerprint density at radius 3 is 2.50 bits per heavy atom. The van der Waals surface area contributed by atoms with E-state index in [-0.39, 0.29) is 18.3 Å². The minimum Gasteiger partial charge on any atom is -0.481 e. The Morgan fingerprint density at radius 2 is 2.00 bits per heavy atom. The van der Waals surface area contributed by atoms with Gasteiger partial charge in [-0.25, -0.2) is 4.79 Å². The third kappa shape index (κ3) is 3.00. The Bertz CT molecular complexity index is 544. The highest BCUT2D eigenvalue weighted by Gasteiger charge is 2.34. The van der Waals surface area contributed by atoms with Gasteiger partial charge in [0.2, 0.25) is 0 Å². The minimum atomic E-state index is -0.792. The standard InChI is InChI=1S/C16H20O4/c1-9-6-12(7-13(10(9)2)16(19)20-3)14(8-15(17)18)11-4-5-11/h6-7,11,14H,4-5,8H2,1-3H3,(H,17,18). The first-order valence-corrected chi connectivity index (χ1v) is 6.85. The zero-order valence-electron chi connectivity index (χ0n) is 12.1. The molecular weight excluding hydrogens is 256 g/mol. The van der Waals surface area contributed by atoms with Crippen molar-refractivity contribution in [2.45, 2.75) is 39.0 Å². The van der Waals surface area contributed by atoms with E-state index in [9.17, 15) is 9.59 Å². The molecule has 1 unspecified atom stereocenters. The van der Waals surface area contributed by atoms with Crippen molar-refractivity contribution in [3.8, 4) is 0 Å². The van der Waals surface area contributed by atoms with Crippen molar-refractivity contribution in [2.75, 3.05) is 7.11 Å². The van der Waals surface area contributed by atoms with Gasteiger partial charge < -0.3 is 9.84 Å². The predicted molar refractivity (Wildman–Crippen MR) is 75.0 cm³/mol. The van der Waals surface area contributed by atoms with Crippen molar-refractivity contribution in [1.82, 2.24) is 0 Å². The zero-order chi connectivity index (χ0) is 14.9. The van der Waals surface area contributed by atoms with Gasteiger partial charge in [-0.1, -0.05) is 6.07 Å². The van der Waals surface area contributed by atoms with Crippen LogP contribution >= 0.6 is 0 Å². The fourth-order valence-electron chi connectivity index (χ4n) is 2.67. The van der Waals surface area contributed by atoms with Gasteiger partial charge in [-0.05, 0) is 61.3 Å². The third-order valence-electron chi connectivity index (χ3n) is 4.11. The van der Waals surface area contributed by atoms with E-state index in [1.165, 1.54) is 7.11 Å². The molecule has 20 heavy (non-hydrogen) atoms. The molecule has 0 amide bonds. The number of hydrogen-bond donors (Lipinski definition) is 1. The fraction of sp³-hybridized carbons (Fsp3) is 0.500. The number of aryl methyl sites for hydroxylation is 1. The molecule has 0 saturated heterocycles. The molecule has 0 spiro atoms. The number of rotatable bonds is 5. The number of methoxy groups -OCH3 is 1. The number of aliphatic carboxylic acids is 1. The number of ether oxygens (including phenoxy) is 1. The lowest BCUT2D eigenvalue weighted by atomic mass is 9.87. The van der Waals surface area contributed by atoms with Crippen LogP contribution in [0.5, 0.6) is 0 Å². The van der Waals surface area contributed by atoms with E-state index >= 15 is 0 Å². The van der Waals surface area contributed by atoms with Gasteiger partial charge in [0.15, 0.2) is 0 Å². The first-order valence-electron chi connectivity index (χ1n) is 6.85. The average molecular weight is 276 g/mol. The van der Waals surface area contributed by atoms with Crippen LogP contribution in [-0.4, -0.2) is 24.2 Å². The molecular formula is C16H20O4. The fourth-order valence-corrected chi connectivity index (χ4v) is 2.67. The maximum Gasteiger partial charge on any atom is 0.338 e. The van der Waals surface area contributed by atoms with Crippen molar-refractivity contribution in [3.63, 3.8) is 0 Å². The van der Waals surface area contributed by atoms with Gasteiger partial charge in [0, 0.05) is 0 Å². The Balaban J connectivity index is 2.42. The number of carbonyl (C=O) groups is 2. The summed E-state index contributed by atoms with van der Waals surface area (Å²) in [4.78, 5) is 22.9.